The lowest BCUT2D eigenvalue weighted by molar-refractivity contribution is -0.159. The number of hydrogen-bond donors (Lipinski definition) is 0. The molecule has 150 valence electrons. The monoisotopic (exact) mass is 405 g/mol. The van der Waals surface area contributed by atoms with Crippen molar-refractivity contribution >= 4 is 15.7 Å². The molecule has 0 fully saturated rings. The minimum absolute atomic E-state index is 0.227. The molecule has 0 spiro atoms. The number of benzene rings is 1. The van der Waals surface area contributed by atoms with Gasteiger partial charge in [0, 0.05) is 11.1 Å². The van der Waals surface area contributed by atoms with E-state index in [1.165, 1.54) is 28.6 Å². The van der Waals surface area contributed by atoms with Crippen LogP contribution < -0.4 is 4.31 Å². The second-order valence-electron chi connectivity index (χ2n) is 8.02. The van der Waals surface area contributed by atoms with Gasteiger partial charge in [-0.25, -0.2) is 8.42 Å². The summed E-state index contributed by atoms with van der Waals surface area (Å²) in [6.45, 7) is 10.1. The molecule has 0 aliphatic carbocycles. The maximum Gasteiger partial charge on any atom is 0.471 e. The second-order valence-corrected chi connectivity index (χ2v) is 10.6. The van der Waals surface area contributed by atoms with Crippen molar-refractivity contribution in [2.24, 2.45) is 0 Å². The van der Waals surface area contributed by atoms with Crippen molar-refractivity contribution < 1.29 is 26.1 Å². The van der Waals surface area contributed by atoms with Crippen molar-refractivity contribution in [2.45, 2.75) is 58.0 Å². The molecule has 0 bridgehead atoms. The van der Waals surface area contributed by atoms with Crippen LogP contribution in [0.15, 0.2) is 28.8 Å². The van der Waals surface area contributed by atoms with Crippen molar-refractivity contribution in [2.75, 3.05) is 4.31 Å². The standard InChI is InChI=1S/C17H22F3N3O3S/c1-15(2,3)23(27(24,25)16(4,5)6)12-9-7-11(8-10-12)13-21-14(26-22-13)17(18,19)20/h7-10H,1-6H3. The molecular formula is C17H22F3N3O3S. The Hall–Kier alpha value is -2.10. The van der Waals surface area contributed by atoms with E-state index >= 15 is 0 Å². The third-order valence-corrected chi connectivity index (χ3v) is 6.44. The summed E-state index contributed by atoms with van der Waals surface area (Å²) < 4.78 is 68.3. The molecule has 0 atom stereocenters. The van der Waals surface area contributed by atoms with Crippen molar-refractivity contribution in [3.05, 3.63) is 30.2 Å². The lowest BCUT2D eigenvalue weighted by Gasteiger charge is -2.40. The van der Waals surface area contributed by atoms with Gasteiger partial charge in [-0.3, -0.25) is 4.31 Å². The van der Waals surface area contributed by atoms with Gasteiger partial charge in [-0.05, 0) is 65.8 Å². The average molecular weight is 405 g/mol. The molecule has 0 aliphatic heterocycles. The van der Waals surface area contributed by atoms with Crippen LogP contribution >= 0.6 is 0 Å². The summed E-state index contributed by atoms with van der Waals surface area (Å²) >= 11 is 0. The van der Waals surface area contributed by atoms with Gasteiger partial charge < -0.3 is 4.52 Å². The van der Waals surface area contributed by atoms with Crippen molar-refractivity contribution in [1.82, 2.24) is 10.1 Å². The molecule has 2 aromatic rings. The third kappa shape index (κ3) is 4.26. The zero-order valence-corrected chi connectivity index (χ0v) is 16.7. The summed E-state index contributed by atoms with van der Waals surface area (Å²) in [6.07, 6.45) is -4.73. The fraction of sp³-hybridized carbons (Fsp3) is 0.529. The van der Waals surface area contributed by atoms with Gasteiger partial charge in [0.25, 0.3) is 0 Å². The Morgan fingerprint density at radius 2 is 1.48 bits per heavy atom. The predicted molar refractivity (Wildman–Crippen MR) is 95.6 cm³/mol. The molecule has 1 aromatic heterocycles. The number of hydrogen-bond acceptors (Lipinski definition) is 5. The molecule has 0 amide bonds. The smallest absolute Gasteiger partial charge is 0.329 e. The van der Waals surface area contributed by atoms with Gasteiger partial charge >= 0.3 is 12.1 Å². The number of alkyl halides is 3. The van der Waals surface area contributed by atoms with Crippen LogP contribution in [-0.2, 0) is 16.2 Å². The highest BCUT2D eigenvalue weighted by molar-refractivity contribution is 7.94. The molecule has 1 heterocycles. The minimum atomic E-state index is -4.73. The van der Waals surface area contributed by atoms with Crippen LogP contribution in [0, 0.1) is 0 Å². The first kappa shape index (κ1) is 21.2. The Kier molecular flexibility index (Phi) is 5.11. The summed E-state index contributed by atoms with van der Waals surface area (Å²) in [5.41, 5.74) is -0.0795. The molecule has 0 saturated carbocycles. The van der Waals surface area contributed by atoms with E-state index in [4.69, 9.17) is 0 Å². The Morgan fingerprint density at radius 1 is 0.963 bits per heavy atom. The number of nitrogens with zero attached hydrogens (tertiary/aromatic N) is 3. The number of halogens is 3. The first-order valence-corrected chi connectivity index (χ1v) is 9.55. The van der Waals surface area contributed by atoms with E-state index < -0.39 is 32.4 Å². The second kappa shape index (κ2) is 6.50. The topological polar surface area (TPSA) is 76.3 Å². The van der Waals surface area contributed by atoms with Crippen LogP contribution in [-0.4, -0.2) is 28.8 Å². The van der Waals surface area contributed by atoms with E-state index in [2.05, 4.69) is 14.7 Å². The molecule has 6 nitrogen and oxygen atoms in total. The molecule has 0 saturated heterocycles. The van der Waals surface area contributed by atoms with Crippen LogP contribution in [0.4, 0.5) is 18.9 Å². The molecule has 10 heteroatoms. The Labute approximate surface area is 156 Å². The molecular weight excluding hydrogens is 383 g/mol. The average Bonchev–Trinajstić information content (AvgIpc) is 2.95. The quantitative estimate of drug-likeness (QED) is 0.752. The van der Waals surface area contributed by atoms with E-state index in [0.29, 0.717) is 5.69 Å². The highest BCUT2D eigenvalue weighted by Crippen LogP contribution is 2.35. The van der Waals surface area contributed by atoms with Gasteiger partial charge in [0.05, 0.1) is 10.4 Å². The SMILES string of the molecule is CC(C)(C)N(c1ccc(-c2noc(C(F)(F)F)n2)cc1)S(=O)(=O)C(C)(C)C. The lowest BCUT2D eigenvalue weighted by atomic mass is 10.1. The van der Waals surface area contributed by atoms with Crippen LogP contribution in [0.2, 0.25) is 0 Å². The maximum absolute atomic E-state index is 13.0. The summed E-state index contributed by atoms with van der Waals surface area (Å²) in [5, 5.41) is 3.33. The van der Waals surface area contributed by atoms with Gasteiger partial charge in [-0.15, -0.1) is 0 Å². The molecule has 2 rings (SSSR count). The van der Waals surface area contributed by atoms with E-state index in [-0.39, 0.29) is 11.4 Å². The van der Waals surface area contributed by atoms with Crippen molar-refractivity contribution in [3.8, 4) is 11.4 Å². The van der Waals surface area contributed by atoms with Gasteiger partial charge in [-0.2, -0.15) is 18.2 Å². The fourth-order valence-electron chi connectivity index (χ4n) is 2.36. The largest absolute Gasteiger partial charge is 0.471 e. The number of anilines is 1. The molecule has 0 radical (unpaired) electrons. The van der Waals surface area contributed by atoms with Gasteiger partial charge in [0.1, 0.15) is 0 Å². The molecule has 0 aliphatic rings. The van der Waals surface area contributed by atoms with Gasteiger partial charge in [0.15, 0.2) is 0 Å². The van der Waals surface area contributed by atoms with E-state index in [9.17, 15) is 21.6 Å². The van der Waals surface area contributed by atoms with Crippen molar-refractivity contribution in [3.63, 3.8) is 0 Å². The number of sulfonamides is 1. The first-order valence-electron chi connectivity index (χ1n) is 8.11. The summed E-state index contributed by atoms with van der Waals surface area (Å²) in [6, 6.07) is 5.93. The van der Waals surface area contributed by atoms with Crippen LogP contribution in [0.3, 0.4) is 0 Å². The lowest BCUT2D eigenvalue weighted by Crippen LogP contribution is -2.52. The molecule has 27 heavy (non-hydrogen) atoms. The third-order valence-electron chi connectivity index (χ3n) is 3.65. The molecule has 0 unspecified atom stereocenters. The summed E-state index contributed by atoms with van der Waals surface area (Å²) in [4.78, 5) is 3.33. The normalized spacial score (nSPS) is 13.7. The highest BCUT2D eigenvalue weighted by Gasteiger charge is 2.41. The fourth-order valence-corrected chi connectivity index (χ4v) is 4.03. The zero-order valence-electron chi connectivity index (χ0n) is 15.9. The molecule has 1 aromatic carbocycles. The van der Waals surface area contributed by atoms with Crippen LogP contribution in [0.5, 0.6) is 0 Å². The van der Waals surface area contributed by atoms with Gasteiger partial charge in [0.2, 0.25) is 15.8 Å². The van der Waals surface area contributed by atoms with E-state index in [1.807, 2.05) is 0 Å². The maximum atomic E-state index is 13.0. The first-order chi connectivity index (χ1) is 12.0. The van der Waals surface area contributed by atoms with Crippen LogP contribution in [0.1, 0.15) is 47.4 Å². The number of aromatic nitrogens is 2. The zero-order chi connectivity index (χ0) is 20.8. The Bertz CT molecular complexity index is 906. The van der Waals surface area contributed by atoms with E-state index in [1.54, 1.807) is 41.5 Å². The number of rotatable bonds is 3. The summed E-state index contributed by atoms with van der Waals surface area (Å²) in [7, 11) is -3.71. The Morgan fingerprint density at radius 3 is 1.85 bits per heavy atom. The molecule has 0 N–H and O–H groups in total. The summed E-state index contributed by atoms with van der Waals surface area (Å²) in [5.74, 6) is -1.66. The van der Waals surface area contributed by atoms with Crippen molar-refractivity contribution in [1.29, 1.82) is 0 Å². The van der Waals surface area contributed by atoms with Crippen LogP contribution in [0.25, 0.3) is 11.4 Å². The van der Waals surface area contributed by atoms with E-state index in [0.717, 1.165) is 0 Å². The highest BCUT2D eigenvalue weighted by atomic mass is 32.2. The predicted octanol–water partition coefficient (Wildman–Crippen LogP) is 4.49. The minimum Gasteiger partial charge on any atom is -0.329 e. The Balaban J connectivity index is 2.46. The van der Waals surface area contributed by atoms with Gasteiger partial charge in [-0.1, -0.05) is 5.16 Å².